The zero-order valence-corrected chi connectivity index (χ0v) is 27.2. The molecule has 0 saturated carbocycles. The van der Waals surface area contributed by atoms with E-state index in [1.165, 1.54) is 39.0 Å². The number of aromatic nitrogens is 2. The molecule has 47 heavy (non-hydrogen) atoms. The summed E-state index contributed by atoms with van der Waals surface area (Å²) in [6.45, 7) is 4.76. The number of nitrogens with zero attached hydrogens (tertiary/aromatic N) is 2. The van der Waals surface area contributed by atoms with E-state index in [-0.39, 0.29) is 17.3 Å². The SMILES string of the molecule is CC1(C)c2ccccc2Cc2ccc(C3=CC=C(C4C=CC=CC(c5cc(-c6ccccc6)nc(C6C=CC=CC6)n5)=C4)CC3)cc21. The monoisotopic (exact) mass is 608 g/mol. The molecule has 4 aliphatic rings. The lowest BCUT2D eigenvalue weighted by atomic mass is 9.68. The van der Waals surface area contributed by atoms with Gasteiger partial charge in [0.1, 0.15) is 5.82 Å². The average Bonchev–Trinajstić information content (AvgIpc) is 3.39. The smallest absolute Gasteiger partial charge is 0.136 e. The van der Waals surface area contributed by atoms with Gasteiger partial charge in [-0.2, -0.15) is 0 Å². The topological polar surface area (TPSA) is 25.8 Å². The minimum atomic E-state index is 0.000951. The largest absolute Gasteiger partial charge is 0.232 e. The van der Waals surface area contributed by atoms with Crippen molar-refractivity contribution in [2.24, 2.45) is 5.92 Å². The number of hydrogen-bond acceptors (Lipinski definition) is 2. The van der Waals surface area contributed by atoms with Crippen LogP contribution in [0.25, 0.3) is 22.4 Å². The standard InChI is InChI=1S/C45H40N2/c1-45(2)40-20-12-11-18-37(40)28-38-26-25-36(29-41(38)45)32-23-21-31(22-24-32)35-17-9-10-19-39(27-35)43-30-42(33-13-5-3-6-14-33)46-44(47-43)34-15-7-4-8-16-34/h3-15,17-21,23,25-27,29-30,34-35H,16,22,24,28H2,1-2H3. The van der Waals surface area contributed by atoms with Crippen LogP contribution in [0, 0.1) is 5.92 Å². The minimum Gasteiger partial charge on any atom is -0.232 e. The van der Waals surface area contributed by atoms with Crippen LogP contribution in [0.4, 0.5) is 0 Å². The highest BCUT2D eigenvalue weighted by Gasteiger charge is 2.32. The molecule has 0 fully saturated rings. The van der Waals surface area contributed by atoms with E-state index in [4.69, 9.17) is 9.97 Å². The Hall–Kier alpha value is -5.08. The van der Waals surface area contributed by atoms with E-state index in [1.54, 1.807) is 0 Å². The second-order valence-electron chi connectivity index (χ2n) is 13.7. The van der Waals surface area contributed by atoms with E-state index < -0.39 is 0 Å². The van der Waals surface area contributed by atoms with Crippen LogP contribution in [0.3, 0.4) is 0 Å². The van der Waals surface area contributed by atoms with Gasteiger partial charge in [-0.3, -0.25) is 0 Å². The number of benzene rings is 3. The molecule has 230 valence electrons. The third-order valence-corrected chi connectivity index (χ3v) is 10.3. The Morgan fingerprint density at radius 3 is 2.32 bits per heavy atom. The summed E-state index contributed by atoms with van der Waals surface area (Å²) in [6.07, 6.45) is 28.6. The summed E-state index contributed by atoms with van der Waals surface area (Å²) in [4.78, 5) is 10.2. The van der Waals surface area contributed by atoms with Crippen molar-refractivity contribution in [3.05, 3.63) is 191 Å². The second kappa shape index (κ2) is 12.3. The summed E-state index contributed by atoms with van der Waals surface area (Å²) in [5.41, 5.74) is 14.3. The molecule has 0 N–H and O–H groups in total. The van der Waals surface area contributed by atoms with Gasteiger partial charge in [0, 0.05) is 22.8 Å². The molecule has 0 aliphatic heterocycles. The van der Waals surface area contributed by atoms with Crippen LogP contribution in [-0.2, 0) is 11.8 Å². The molecule has 0 spiro atoms. The van der Waals surface area contributed by atoms with Gasteiger partial charge in [-0.15, -0.1) is 0 Å². The first-order valence-corrected chi connectivity index (χ1v) is 17.0. The molecule has 1 aromatic heterocycles. The quantitative estimate of drug-likeness (QED) is 0.225. The van der Waals surface area contributed by atoms with Crippen LogP contribution in [-0.4, -0.2) is 9.97 Å². The third-order valence-electron chi connectivity index (χ3n) is 10.3. The Bertz CT molecular complexity index is 2060. The van der Waals surface area contributed by atoms with Gasteiger partial charge < -0.3 is 0 Å². The van der Waals surface area contributed by atoms with Crippen molar-refractivity contribution >= 4 is 11.1 Å². The molecule has 4 aliphatic carbocycles. The molecule has 0 saturated heterocycles. The summed E-state index contributed by atoms with van der Waals surface area (Å²) >= 11 is 0. The number of hydrogen-bond donors (Lipinski definition) is 0. The lowest BCUT2D eigenvalue weighted by molar-refractivity contribution is 0.610. The predicted octanol–water partition coefficient (Wildman–Crippen LogP) is 10.9. The van der Waals surface area contributed by atoms with E-state index in [2.05, 4.69) is 160 Å². The summed E-state index contributed by atoms with van der Waals surface area (Å²) in [7, 11) is 0. The van der Waals surface area contributed by atoms with Crippen molar-refractivity contribution in [1.29, 1.82) is 0 Å². The molecule has 3 aromatic carbocycles. The molecule has 0 bridgehead atoms. The fourth-order valence-electron chi connectivity index (χ4n) is 7.68. The first-order valence-electron chi connectivity index (χ1n) is 17.0. The Kier molecular flexibility index (Phi) is 7.65. The predicted molar refractivity (Wildman–Crippen MR) is 196 cm³/mol. The van der Waals surface area contributed by atoms with Gasteiger partial charge >= 0.3 is 0 Å². The first kappa shape index (κ1) is 29.3. The molecule has 8 rings (SSSR count). The van der Waals surface area contributed by atoms with Gasteiger partial charge in [-0.05, 0) is 70.7 Å². The molecular formula is C45H40N2. The van der Waals surface area contributed by atoms with Crippen LogP contribution in [0.2, 0.25) is 0 Å². The Morgan fingerprint density at radius 1 is 0.681 bits per heavy atom. The summed E-state index contributed by atoms with van der Waals surface area (Å²) < 4.78 is 0. The molecule has 2 heteroatoms. The molecular weight excluding hydrogens is 569 g/mol. The minimum absolute atomic E-state index is 0.000951. The Labute approximate surface area is 279 Å². The highest BCUT2D eigenvalue weighted by atomic mass is 14.9. The second-order valence-corrected chi connectivity index (χ2v) is 13.7. The summed E-state index contributed by atoms with van der Waals surface area (Å²) in [5, 5.41) is 0. The maximum Gasteiger partial charge on any atom is 0.136 e. The highest BCUT2D eigenvalue weighted by molar-refractivity contribution is 5.77. The maximum atomic E-state index is 5.17. The van der Waals surface area contributed by atoms with Crippen molar-refractivity contribution in [2.45, 2.75) is 50.9 Å². The van der Waals surface area contributed by atoms with Gasteiger partial charge in [-0.25, -0.2) is 9.97 Å². The van der Waals surface area contributed by atoms with Gasteiger partial charge in [0.15, 0.2) is 0 Å². The van der Waals surface area contributed by atoms with Gasteiger partial charge in [0.25, 0.3) is 0 Å². The number of allylic oxidation sites excluding steroid dienone is 14. The lowest BCUT2D eigenvalue weighted by Crippen LogP contribution is -2.27. The van der Waals surface area contributed by atoms with E-state index in [0.29, 0.717) is 0 Å². The van der Waals surface area contributed by atoms with E-state index in [1.807, 2.05) is 0 Å². The highest BCUT2D eigenvalue weighted by Crippen LogP contribution is 2.43. The molecule has 4 aromatic rings. The van der Waals surface area contributed by atoms with E-state index >= 15 is 0 Å². The van der Waals surface area contributed by atoms with Crippen molar-refractivity contribution in [1.82, 2.24) is 9.97 Å². The zero-order chi connectivity index (χ0) is 31.8. The molecule has 2 unspecified atom stereocenters. The molecule has 2 nitrogen and oxygen atoms in total. The lowest BCUT2D eigenvalue weighted by Gasteiger charge is -2.35. The van der Waals surface area contributed by atoms with Gasteiger partial charge in [0.2, 0.25) is 0 Å². The first-order chi connectivity index (χ1) is 23.0. The third kappa shape index (κ3) is 5.74. The fraction of sp³-hybridized carbons (Fsp3) is 0.200. The van der Waals surface area contributed by atoms with Crippen molar-refractivity contribution in [3.63, 3.8) is 0 Å². The van der Waals surface area contributed by atoms with Gasteiger partial charge in [0.05, 0.1) is 11.4 Å². The number of rotatable bonds is 5. The summed E-state index contributed by atoms with van der Waals surface area (Å²) in [5.74, 6) is 1.28. The number of fused-ring (bicyclic) bond motifs is 2. The Balaban J connectivity index is 1.10. The molecule has 1 heterocycles. The zero-order valence-electron chi connectivity index (χ0n) is 27.2. The van der Waals surface area contributed by atoms with E-state index in [9.17, 15) is 0 Å². The van der Waals surface area contributed by atoms with Crippen LogP contribution in [0.5, 0.6) is 0 Å². The molecule has 0 amide bonds. The van der Waals surface area contributed by atoms with Crippen LogP contribution >= 0.6 is 0 Å². The molecule has 2 atom stereocenters. The normalized spacial score (nSPS) is 20.9. The summed E-state index contributed by atoms with van der Waals surface area (Å²) in [6, 6.07) is 28.8. The maximum absolute atomic E-state index is 5.17. The van der Waals surface area contributed by atoms with Gasteiger partial charge in [-0.1, -0.05) is 159 Å². The van der Waals surface area contributed by atoms with Crippen LogP contribution in [0.15, 0.2) is 151 Å². The fourth-order valence-corrected chi connectivity index (χ4v) is 7.68. The van der Waals surface area contributed by atoms with Crippen molar-refractivity contribution in [2.75, 3.05) is 0 Å². The van der Waals surface area contributed by atoms with Crippen molar-refractivity contribution < 1.29 is 0 Å². The van der Waals surface area contributed by atoms with Crippen LogP contribution < -0.4 is 0 Å². The van der Waals surface area contributed by atoms with Crippen LogP contribution in [0.1, 0.15) is 78.4 Å². The molecule has 0 radical (unpaired) electrons. The Morgan fingerprint density at radius 2 is 1.49 bits per heavy atom. The average molecular weight is 609 g/mol. The van der Waals surface area contributed by atoms with Crippen molar-refractivity contribution in [3.8, 4) is 11.3 Å². The van der Waals surface area contributed by atoms with E-state index in [0.717, 1.165) is 54.0 Å².